The second-order valence-electron chi connectivity index (χ2n) is 3.68. The highest BCUT2D eigenvalue weighted by Gasteiger charge is 2.02. The molecular weight excluding hydrogens is 260 g/mol. The third-order valence-corrected chi connectivity index (χ3v) is 2.98. The van der Waals surface area contributed by atoms with Gasteiger partial charge in [-0.15, -0.1) is 10.2 Å². The molecule has 0 radical (unpaired) electrons. The van der Waals surface area contributed by atoms with Crippen molar-refractivity contribution in [2.75, 3.05) is 5.32 Å². The molecule has 2 rings (SSSR count). The summed E-state index contributed by atoms with van der Waals surface area (Å²) in [6.45, 7) is 1.82. The van der Waals surface area contributed by atoms with E-state index in [0.717, 1.165) is 10.6 Å². The molecule has 0 aliphatic rings. The first-order valence-electron chi connectivity index (χ1n) is 5.47. The Balaban J connectivity index is 1.97. The average molecular weight is 270 g/mol. The maximum absolute atomic E-state index is 11.6. The van der Waals surface area contributed by atoms with Crippen molar-refractivity contribution in [2.45, 2.75) is 6.92 Å². The van der Waals surface area contributed by atoms with Gasteiger partial charge in [0.05, 0.1) is 11.6 Å². The molecule has 0 unspecified atom stereocenters. The van der Waals surface area contributed by atoms with Crippen LogP contribution < -0.4 is 5.32 Å². The Morgan fingerprint density at radius 1 is 1.37 bits per heavy atom. The number of benzene rings is 1. The Labute approximate surface area is 114 Å². The Morgan fingerprint density at radius 3 is 2.68 bits per heavy atom. The molecule has 0 aliphatic heterocycles. The number of nitrogens with one attached hydrogen (secondary N) is 1. The van der Waals surface area contributed by atoms with E-state index in [1.54, 1.807) is 30.3 Å². The highest BCUT2D eigenvalue weighted by molar-refractivity contribution is 7.15. The number of anilines is 1. The first kappa shape index (κ1) is 12.9. The van der Waals surface area contributed by atoms with Crippen LogP contribution >= 0.6 is 11.3 Å². The van der Waals surface area contributed by atoms with Crippen molar-refractivity contribution in [1.82, 2.24) is 10.2 Å². The van der Waals surface area contributed by atoms with Crippen LogP contribution in [-0.4, -0.2) is 16.1 Å². The molecule has 0 spiro atoms. The van der Waals surface area contributed by atoms with Gasteiger partial charge in [-0.25, -0.2) is 0 Å². The smallest absolute Gasteiger partial charge is 0.250 e. The third-order valence-electron chi connectivity index (χ3n) is 2.22. The lowest BCUT2D eigenvalue weighted by Gasteiger charge is -1.95. The van der Waals surface area contributed by atoms with E-state index in [4.69, 9.17) is 5.26 Å². The van der Waals surface area contributed by atoms with Gasteiger partial charge in [-0.2, -0.15) is 5.26 Å². The van der Waals surface area contributed by atoms with Crippen molar-refractivity contribution >= 4 is 28.5 Å². The van der Waals surface area contributed by atoms with Crippen molar-refractivity contribution in [3.8, 4) is 6.07 Å². The first-order valence-corrected chi connectivity index (χ1v) is 6.28. The summed E-state index contributed by atoms with van der Waals surface area (Å²) in [6, 6.07) is 8.99. The molecule has 1 amide bonds. The van der Waals surface area contributed by atoms with Crippen LogP contribution in [-0.2, 0) is 4.79 Å². The first-order chi connectivity index (χ1) is 9.17. The number of hydrogen-bond donors (Lipinski definition) is 1. The fourth-order valence-corrected chi connectivity index (χ4v) is 1.93. The van der Waals surface area contributed by atoms with Crippen LogP contribution in [0, 0.1) is 18.3 Å². The Hall–Kier alpha value is -2.52. The minimum Gasteiger partial charge on any atom is -0.297 e. The van der Waals surface area contributed by atoms with Gasteiger partial charge >= 0.3 is 0 Å². The van der Waals surface area contributed by atoms with Crippen LogP contribution in [0.1, 0.15) is 16.1 Å². The highest BCUT2D eigenvalue weighted by atomic mass is 32.1. The topological polar surface area (TPSA) is 78.7 Å². The SMILES string of the molecule is Cc1nnc(NC(=O)C=Cc2ccc(C#N)cc2)s1. The molecule has 19 heavy (non-hydrogen) atoms. The molecule has 0 aliphatic carbocycles. The van der Waals surface area contributed by atoms with E-state index in [1.807, 2.05) is 13.0 Å². The number of nitrogens with zero attached hydrogens (tertiary/aromatic N) is 3. The monoisotopic (exact) mass is 270 g/mol. The Morgan fingerprint density at radius 2 is 2.11 bits per heavy atom. The zero-order valence-corrected chi connectivity index (χ0v) is 10.9. The lowest BCUT2D eigenvalue weighted by molar-refractivity contribution is -0.111. The number of amides is 1. The molecule has 6 heteroatoms. The number of aromatic nitrogens is 2. The van der Waals surface area contributed by atoms with Gasteiger partial charge in [-0.3, -0.25) is 10.1 Å². The van der Waals surface area contributed by atoms with Gasteiger partial charge in [0.15, 0.2) is 0 Å². The van der Waals surface area contributed by atoms with Crippen LogP contribution in [0.2, 0.25) is 0 Å². The van der Waals surface area contributed by atoms with E-state index in [9.17, 15) is 4.79 Å². The lowest BCUT2D eigenvalue weighted by Crippen LogP contribution is -2.07. The minimum atomic E-state index is -0.263. The third kappa shape index (κ3) is 3.72. The number of carbonyl (C=O) groups excluding carboxylic acids is 1. The van der Waals surface area contributed by atoms with Crippen LogP contribution in [0.25, 0.3) is 6.08 Å². The number of carbonyl (C=O) groups is 1. The normalized spacial score (nSPS) is 10.3. The van der Waals surface area contributed by atoms with Crippen molar-refractivity contribution in [1.29, 1.82) is 5.26 Å². The van der Waals surface area contributed by atoms with E-state index in [1.165, 1.54) is 17.4 Å². The maximum Gasteiger partial charge on any atom is 0.250 e. The van der Waals surface area contributed by atoms with Crippen molar-refractivity contribution in [3.05, 3.63) is 46.5 Å². The lowest BCUT2D eigenvalue weighted by atomic mass is 10.1. The summed E-state index contributed by atoms with van der Waals surface area (Å²) in [5.74, 6) is -0.263. The maximum atomic E-state index is 11.6. The zero-order valence-electron chi connectivity index (χ0n) is 10.1. The minimum absolute atomic E-state index is 0.263. The molecular formula is C13H10N4OS. The molecule has 2 aromatic rings. The van der Waals surface area contributed by atoms with Gasteiger partial charge in [-0.05, 0) is 30.7 Å². The Bertz CT molecular complexity index is 652. The van der Waals surface area contributed by atoms with Crippen molar-refractivity contribution < 1.29 is 4.79 Å². The van der Waals surface area contributed by atoms with Crippen molar-refractivity contribution in [2.24, 2.45) is 0 Å². The second-order valence-corrected chi connectivity index (χ2v) is 4.86. The van der Waals surface area contributed by atoms with Crippen LogP contribution in [0.4, 0.5) is 5.13 Å². The van der Waals surface area contributed by atoms with E-state index in [0.29, 0.717) is 10.7 Å². The summed E-state index contributed by atoms with van der Waals surface area (Å²) in [4.78, 5) is 11.6. The molecule has 0 fully saturated rings. The summed E-state index contributed by atoms with van der Waals surface area (Å²) < 4.78 is 0. The van der Waals surface area contributed by atoms with Gasteiger partial charge in [0.1, 0.15) is 5.01 Å². The van der Waals surface area contributed by atoms with Gasteiger partial charge in [0.2, 0.25) is 11.0 Å². The van der Waals surface area contributed by atoms with E-state index < -0.39 is 0 Å². The molecule has 1 aromatic heterocycles. The predicted octanol–water partition coefficient (Wildman–Crippen LogP) is 2.37. The fourth-order valence-electron chi connectivity index (χ4n) is 1.33. The van der Waals surface area contributed by atoms with Gasteiger partial charge in [0, 0.05) is 6.08 Å². The molecule has 1 N–H and O–H groups in total. The quantitative estimate of drug-likeness (QED) is 0.868. The molecule has 0 bridgehead atoms. The highest BCUT2D eigenvalue weighted by Crippen LogP contribution is 2.13. The van der Waals surface area contributed by atoms with Crippen LogP contribution in [0.5, 0.6) is 0 Å². The largest absolute Gasteiger partial charge is 0.297 e. The number of aryl methyl sites for hydroxylation is 1. The fraction of sp³-hybridized carbons (Fsp3) is 0.0769. The number of nitriles is 1. The van der Waals surface area contributed by atoms with Crippen LogP contribution in [0.3, 0.4) is 0 Å². The van der Waals surface area contributed by atoms with E-state index >= 15 is 0 Å². The Kier molecular flexibility index (Phi) is 4.00. The molecule has 5 nitrogen and oxygen atoms in total. The summed E-state index contributed by atoms with van der Waals surface area (Å²) in [6.07, 6.45) is 3.09. The second kappa shape index (κ2) is 5.89. The molecule has 1 heterocycles. The van der Waals surface area contributed by atoms with Gasteiger partial charge in [-0.1, -0.05) is 23.5 Å². The zero-order chi connectivity index (χ0) is 13.7. The predicted molar refractivity (Wildman–Crippen MR) is 73.5 cm³/mol. The summed E-state index contributed by atoms with van der Waals surface area (Å²) in [7, 11) is 0. The average Bonchev–Trinajstić information content (AvgIpc) is 2.82. The summed E-state index contributed by atoms with van der Waals surface area (Å²) in [5, 5.41) is 20.2. The summed E-state index contributed by atoms with van der Waals surface area (Å²) >= 11 is 1.32. The molecule has 0 saturated heterocycles. The van der Waals surface area contributed by atoms with Gasteiger partial charge in [0.25, 0.3) is 0 Å². The molecule has 0 atom stereocenters. The number of hydrogen-bond acceptors (Lipinski definition) is 5. The van der Waals surface area contributed by atoms with E-state index in [2.05, 4.69) is 15.5 Å². The summed E-state index contributed by atoms with van der Waals surface area (Å²) in [5.41, 5.74) is 1.44. The van der Waals surface area contributed by atoms with E-state index in [-0.39, 0.29) is 5.91 Å². The van der Waals surface area contributed by atoms with Crippen molar-refractivity contribution in [3.63, 3.8) is 0 Å². The molecule has 1 aromatic carbocycles. The van der Waals surface area contributed by atoms with Gasteiger partial charge < -0.3 is 0 Å². The standard InChI is InChI=1S/C13H10N4OS/c1-9-16-17-13(19-9)15-12(18)7-6-10-2-4-11(8-14)5-3-10/h2-7H,1H3,(H,15,17,18). The van der Waals surface area contributed by atoms with Crippen LogP contribution in [0.15, 0.2) is 30.3 Å². The number of rotatable bonds is 3. The molecule has 94 valence electrons. The molecule has 0 saturated carbocycles.